The van der Waals surface area contributed by atoms with Gasteiger partial charge in [-0.2, -0.15) is 5.26 Å². The molecule has 1 heterocycles. The molecule has 3 rings (SSSR count). The summed E-state index contributed by atoms with van der Waals surface area (Å²) in [7, 11) is 0. The number of carbonyl (C=O) groups is 1. The minimum Gasteiger partial charge on any atom is -0.324 e. The number of hydrogen-bond donors (Lipinski definition) is 2. The molecular formula is C17H12BrN5OS. The van der Waals surface area contributed by atoms with E-state index in [9.17, 15) is 4.79 Å². The van der Waals surface area contributed by atoms with Gasteiger partial charge < -0.3 is 5.32 Å². The summed E-state index contributed by atoms with van der Waals surface area (Å²) in [5.41, 5.74) is 1.82. The van der Waals surface area contributed by atoms with Crippen molar-refractivity contribution in [2.75, 3.05) is 11.1 Å². The van der Waals surface area contributed by atoms with Gasteiger partial charge in [0.2, 0.25) is 11.1 Å². The lowest BCUT2D eigenvalue weighted by atomic mass is 10.2. The predicted molar refractivity (Wildman–Crippen MR) is 100 cm³/mol. The number of halogens is 1. The Morgan fingerprint density at radius 3 is 2.80 bits per heavy atom. The Labute approximate surface area is 156 Å². The van der Waals surface area contributed by atoms with Crippen LogP contribution in [0.25, 0.3) is 11.4 Å². The summed E-state index contributed by atoms with van der Waals surface area (Å²) in [6.45, 7) is 0. The Kier molecular flexibility index (Phi) is 5.48. The average Bonchev–Trinajstić information content (AvgIpc) is 3.09. The number of benzene rings is 2. The lowest BCUT2D eigenvalue weighted by Crippen LogP contribution is -2.15. The third-order valence-corrected chi connectivity index (χ3v) is 4.79. The standard InChI is InChI=1S/C17H12BrN5OS/c18-13-7-3-2-6-12(13)16-21-17(23-22-16)25-10-15(24)20-14-8-4-1-5-11(14)9-19/h1-8H,10H2,(H,20,24)(H,21,22,23). The molecule has 124 valence electrons. The van der Waals surface area contributed by atoms with Gasteiger partial charge in [0.15, 0.2) is 5.82 Å². The number of H-pyrrole nitrogens is 1. The summed E-state index contributed by atoms with van der Waals surface area (Å²) in [5.74, 6) is 0.553. The highest BCUT2D eigenvalue weighted by atomic mass is 79.9. The first-order valence-electron chi connectivity index (χ1n) is 7.26. The highest BCUT2D eigenvalue weighted by Crippen LogP contribution is 2.26. The van der Waals surface area contributed by atoms with Crippen LogP contribution in [-0.2, 0) is 4.79 Å². The largest absolute Gasteiger partial charge is 0.324 e. The maximum atomic E-state index is 12.1. The van der Waals surface area contributed by atoms with Crippen molar-refractivity contribution in [2.24, 2.45) is 0 Å². The Balaban J connectivity index is 1.62. The maximum absolute atomic E-state index is 12.1. The smallest absolute Gasteiger partial charge is 0.234 e. The van der Waals surface area contributed by atoms with E-state index in [0.717, 1.165) is 10.0 Å². The lowest BCUT2D eigenvalue weighted by molar-refractivity contribution is -0.113. The van der Waals surface area contributed by atoms with Gasteiger partial charge in [0.1, 0.15) is 6.07 Å². The molecule has 0 aliphatic rings. The number of rotatable bonds is 5. The molecule has 2 aromatic carbocycles. The quantitative estimate of drug-likeness (QED) is 0.619. The average molecular weight is 414 g/mol. The van der Waals surface area contributed by atoms with E-state index < -0.39 is 0 Å². The van der Waals surface area contributed by atoms with Crippen molar-refractivity contribution in [1.82, 2.24) is 15.2 Å². The zero-order chi connectivity index (χ0) is 17.6. The number of hydrogen-bond acceptors (Lipinski definition) is 5. The van der Waals surface area contributed by atoms with E-state index in [1.165, 1.54) is 11.8 Å². The molecule has 1 amide bonds. The van der Waals surface area contributed by atoms with Crippen LogP contribution in [0.1, 0.15) is 5.56 Å². The van der Waals surface area contributed by atoms with E-state index in [4.69, 9.17) is 5.26 Å². The van der Waals surface area contributed by atoms with Crippen LogP contribution in [-0.4, -0.2) is 26.8 Å². The molecule has 6 nitrogen and oxygen atoms in total. The van der Waals surface area contributed by atoms with Gasteiger partial charge in [0, 0.05) is 10.0 Å². The summed E-state index contributed by atoms with van der Waals surface area (Å²) < 4.78 is 0.911. The first-order valence-corrected chi connectivity index (χ1v) is 9.04. The molecular weight excluding hydrogens is 402 g/mol. The second-order valence-corrected chi connectivity index (χ2v) is 6.74. The molecule has 25 heavy (non-hydrogen) atoms. The molecule has 1 aromatic heterocycles. The van der Waals surface area contributed by atoms with Crippen LogP contribution < -0.4 is 5.32 Å². The van der Waals surface area contributed by atoms with Crippen molar-refractivity contribution in [3.63, 3.8) is 0 Å². The number of anilines is 1. The number of nitrogens with one attached hydrogen (secondary N) is 2. The summed E-state index contributed by atoms with van der Waals surface area (Å²) >= 11 is 4.69. The van der Waals surface area contributed by atoms with Crippen molar-refractivity contribution in [2.45, 2.75) is 5.16 Å². The topological polar surface area (TPSA) is 94.5 Å². The van der Waals surface area contributed by atoms with Crippen molar-refractivity contribution in [1.29, 1.82) is 5.26 Å². The van der Waals surface area contributed by atoms with Crippen LogP contribution in [0.2, 0.25) is 0 Å². The Bertz CT molecular complexity index is 950. The van der Waals surface area contributed by atoms with Crippen LogP contribution in [0.4, 0.5) is 5.69 Å². The van der Waals surface area contributed by atoms with E-state index in [2.05, 4.69) is 36.4 Å². The number of nitrogens with zero attached hydrogens (tertiary/aromatic N) is 3. The molecule has 0 bridgehead atoms. The van der Waals surface area contributed by atoms with Gasteiger partial charge in [-0.1, -0.05) is 58.0 Å². The van der Waals surface area contributed by atoms with Gasteiger partial charge in [0.05, 0.1) is 17.0 Å². The number of aromatic amines is 1. The minimum absolute atomic E-state index is 0.146. The summed E-state index contributed by atoms with van der Waals surface area (Å²) in [5, 5.41) is 19.2. The van der Waals surface area contributed by atoms with Crippen LogP contribution in [0.15, 0.2) is 58.2 Å². The molecule has 0 aliphatic heterocycles. The van der Waals surface area contributed by atoms with Crippen molar-refractivity contribution in [3.8, 4) is 17.5 Å². The fraction of sp³-hybridized carbons (Fsp3) is 0.0588. The molecule has 0 saturated heterocycles. The number of amides is 1. The first kappa shape index (κ1) is 17.2. The van der Waals surface area contributed by atoms with Crippen LogP contribution in [0, 0.1) is 11.3 Å². The molecule has 0 unspecified atom stereocenters. The zero-order valence-electron chi connectivity index (χ0n) is 12.9. The molecule has 0 aliphatic carbocycles. The van der Waals surface area contributed by atoms with E-state index >= 15 is 0 Å². The van der Waals surface area contributed by atoms with Crippen molar-refractivity contribution < 1.29 is 4.79 Å². The number of thioether (sulfide) groups is 1. The SMILES string of the molecule is N#Cc1ccccc1NC(=O)CSc1n[nH]c(-c2ccccc2Br)n1. The Hall–Kier alpha value is -2.63. The molecule has 0 fully saturated rings. The molecule has 0 atom stereocenters. The monoisotopic (exact) mass is 413 g/mol. The molecule has 8 heteroatoms. The van der Waals surface area contributed by atoms with Crippen LogP contribution in [0.3, 0.4) is 0 Å². The van der Waals surface area contributed by atoms with Crippen molar-refractivity contribution >= 4 is 39.3 Å². The summed E-state index contributed by atoms with van der Waals surface area (Å²) in [6, 6.07) is 16.6. The highest BCUT2D eigenvalue weighted by molar-refractivity contribution is 9.10. The van der Waals surface area contributed by atoms with Gasteiger partial charge >= 0.3 is 0 Å². The van der Waals surface area contributed by atoms with Gasteiger partial charge in [-0.3, -0.25) is 9.89 Å². The molecule has 2 N–H and O–H groups in total. The Morgan fingerprint density at radius 2 is 2.00 bits per heavy atom. The number of aromatic nitrogens is 3. The number of para-hydroxylation sites is 1. The number of nitriles is 1. The van der Waals surface area contributed by atoms with Crippen LogP contribution in [0.5, 0.6) is 0 Å². The van der Waals surface area contributed by atoms with Crippen LogP contribution >= 0.6 is 27.7 Å². The van der Waals surface area contributed by atoms with E-state index in [1.807, 2.05) is 30.3 Å². The fourth-order valence-corrected chi connectivity index (χ4v) is 3.16. The zero-order valence-corrected chi connectivity index (χ0v) is 15.3. The normalized spacial score (nSPS) is 10.2. The second-order valence-electron chi connectivity index (χ2n) is 4.94. The van der Waals surface area contributed by atoms with Gasteiger partial charge in [0.25, 0.3) is 0 Å². The van der Waals surface area contributed by atoms with Gasteiger partial charge in [-0.05, 0) is 18.2 Å². The Morgan fingerprint density at radius 1 is 1.24 bits per heavy atom. The second kappa shape index (κ2) is 7.96. The highest BCUT2D eigenvalue weighted by Gasteiger charge is 2.11. The number of carbonyl (C=O) groups excluding carboxylic acids is 1. The van der Waals surface area contributed by atoms with E-state index in [1.54, 1.807) is 24.3 Å². The van der Waals surface area contributed by atoms with Gasteiger partial charge in [-0.15, -0.1) is 5.10 Å². The molecule has 0 radical (unpaired) electrons. The van der Waals surface area contributed by atoms with Crippen molar-refractivity contribution in [3.05, 3.63) is 58.6 Å². The third kappa shape index (κ3) is 4.26. The first-order chi connectivity index (χ1) is 12.2. The van der Waals surface area contributed by atoms with E-state index in [-0.39, 0.29) is 11.7 Å². The summed E-state index contributed by atoms with van der Waals surface area (Å²) in [4.78, 5) is 16.5. The third-order valence-electron chi connectivity index (χ3n) is 3.25. The van der Waals surface area contributed by atoms with E-state index in [0.29, 0.717) is 22.2 Å². The fourth-order valence-electron chi connectivity index (χ4n) is 2.09. The van der Waals surface area contributed by atoms with Gasteiger partial charge in [-0.25, -0.2) is 4.98 Å². The molecule has 3 aromatic rings. The lowest BCUT2D eigenvalue weighted by Gasteiger charge is -2.05. The maximum Gasteiger partial charge on any atom is 0.234 e. The molecule has 0 spiro atoms. The predicted octanol–water partition coefficient (Wildman–Crippen LogP) is 3.84. The summed E-state index contributed by atoms with van der Waals surface area (Å²) in [6.07, 6.45) is 0. The molecule has 0 saturated carbocycles. The minimum atomic E-state index is -0.222.